The minimum atomic E-state index is -0.746. The Morgan fingerprint density at radius 2 is 1.18 bits per heavy atom. The van der Waals surface area contributed by atoms with E-state index in [-0.39, 0.29) is 44.2 Å². The number of hydrogen-bond acceptors (Lipinski definition) is 10. The zero-order valence-corrected chi connectivity index (χ0v) is 31.7. The fourth-order valence-electron chi connectivity index (χ4n) is 7.15. The third kappa shape index (κ3) is 9.12. The van der Waals surface area contributed by atoms with Crippen molar-refractivity contribution in [3.8, 4) is 0 Å². The van der Waals surface area contributed by atoms with Crippen LogP contribution in [0.5, 0.6) is 0 Å². The summed E-state index contributed by atoms with van der Waals surface area (Å²) in [4.78, 5) is 0.0156. The van der Waals surface area contributed by atoms with Crippen LogP contribution in [0.15, 0.2) is 91.0 Å². The molecular weight excluding hydrogens is 719 g/mol. The SMILES string of the molecule is CO[C@H]1O[C@H](C[Se][C@@H]2[C@H]3OC(C)(C)O[C@H]3O[C@@H]2[C@H]2COC(C)(C)O2)[C@@H](OCc2ccccc2)[C@H](OCc2ccccc2)[C@H]1OCc1ccccc1. The third-order valence-corrected chi connectivity index (χ3v) is 12.6. The molecule has 4 aliphatic rings. The second-order valence-electron chi connectivity index (χ2n) is 14.3. The maximum atomic E-state index is 6.84. The Kier molecular flexibility index (Phi) is 12.0. The Labute approximate surface area is 307 Å². The molecular formula is C40H50O10Se. The van der Waals surface area contributed by atoms with E-state index >= 15 is 0 Å². The number of hydrogen-bond donors (Lipinski definition) is 0. The Morgan fingerprint density at radius 3 is 1.71 bits per heavy atom. The average Bonchev–Trinajstić information content (AvgIpc) is 3.77. The van der Waals surface area contributed by atoms with Gasteiger partial charge in [-0.3, -0.25) is 0 Å². The molecule has 0 amide bonds. The van der Waals surface area contributed by atoms with Crippen molar-refractivity contribution in [3.63, 3.8) is 0 Å². The molecule has 0 N–H and O–H groups in total. The number of ether oxygens (including phenoxy) is 10. The molecule has 4 fully saturated rings. The summed E-state index contributed by atoms with van der Waals surface area (Å²) in [6.45, 7) is 9.30. The van der Waals surface area contributed by atoms with Crippen LogP contribution in [0.2, 0.25) is 10.1 Å². The molecule has 0 spiro atoms. The first-order valence-electron chi connectivity index (χ1n) is 17.8. The standard InChI is InChI=1S/C40H50O10Se/c1-39(2)45-24-29(48-39)32-36(35-38(47-32)50-40(3,4)49-35)51-25-30-31(42-21-26-15-9-6-10-16-26)33(43-22-27-17-11-7-12-18-27)34(37(41-5)46-30)44-23-28-19-13-8-14-20-28/h6-20,29-38H,21-25H2,1-5H3/t29-,30-,31-,32-,33+,34-,35-,36+,37+,38-/m1/s1. The zero-order valence-electron chi connectivity index (χ0n) is 30.0. The number of rotatable bonds is 14. The Hall–Kier alpha value is -2.22. The van der Waals surface area contributed by atoms with Crippen LogP contribution in [0.3, 0.4) is 0 Å². The van der Waals surface area contributed by atoms with Crippen molar-refractivity contribution in [2.45, 2.75) is 125 Å². The van der Waals surface area contributed by atoms with Crippen molar-refractivity contribution in [2.75, 3.05) is 13.7 Å². The molecule has 0 unspecified atom stereocenters. The molecule has 0 bridgehead atoms. The molecule has 10 atom stereocenters. The molecule has 0 saturated carbocycles. The second-order valence-corrected chi connectivity index (χ2v) is 16.8. The molecule has 3 aromatic carbocycles. The van der Waals surface area contributed by atoms with Crippen LogP contribution in [0.4, 0.5) is 0 Å². The fraction of sp³-hybridized carbons (Fsp3) is 0.550. The van der Waals surface area contributed by atoms with E-state index < -0.39 is 42.5 Å². The van der Waals surface area contributed by atoms with Gasteiger partial charge in [0, 0.05) is 0 Å². The van der Waals surface area contributed by atoms with Gasteiger partial charge < -0.3 is 0 Å². The van der Waals surface area contributed by atoms with Crippen molar-refractivity contribution >= 4 is 15.0 Å². The molecule has 0 radical (unpaired) electrons. The maximum absolute atomic E-state index is 6.84. The van der Waals surface area contributed by atoms with Gasteiger partial charge in [-0.2, -0.15) is 0 Å². The first kappa shape index (κ1) is 37.1. The van der Waals surface area contributed by atoms with Gasteiger partial charge in [0.25, 0.3) is 0 Å². The summed E-state index contributed by atoms with van der Waals surface area (Å²) < 4.78 is 64.6. The van der Waals surface area contributed by atoms with Crippen LogP contribution in [-0.2, 0) is 67.2 Å². The second kappa shape index (κ2) is 16.4. The van der Waals surface area contributed by atoms with E-state index in [1.165, 1.54) is 0 Å². The van der Waals surface area contributed by atoms with Crippen LogP contribution < -0.4 is 0 Å². The van der Waals surface area contributed by atoms with Crippen LogP contribution in [0.25, 0.3) is 0 Å². The Bertz CT molecular complexity index is 1510. The van der Waals surface area contributed by atoms with Gasteiger partial charge in [0.05, 0.1) is 0 Å². The van der Waals surface area contributed by atoms with Gasteiger partial charge in [-0.15, -0.1) is 0 Å². The van der Waals surface area contributed by atoms with Crippen LogP contribution in [0, 0.1) is 0 Å². The van der Waals surface area contributed by atoms with Gasteiger partial charge in [-0.05, 0) is 0 Å². The Balaban J connectivity index is 1.16. The predicted octanol–water partition coefficient (Wildman–Crippen LogP) is 6.05. The van der Waals surface area contributed by atoms with E-state index in [1.54, 1.807) is 7.11 Å². The van der Waals surface area contributed by atoms with Crippen molar-refractivity contribution < 1.29 is 47.4 Å². The molecule has 4 aliphatic heterocycles. The van der Waals surface area contributed by atoms with Crippen molar-refractivity contribution in [3.05, 3.63) is 108 Å². The summed E-state index contributed by atoms with van der Waals surface area (Å²) in [5.41, 5.74) is 3.17. The van der Waals surface area contributed by atoms with Gasteiger partial charge >= 0.3 is 308 Å². The zero-order chi connectivity index (χ0) is 35.4. The molecule has 7 rings (SSSR count). The summed E-state index contributed by atoms with van der Waals surface area (Å²) in [7, 11) is 1.65. The first-order valence-corrected chi connectivity index (χ1v) is 20.0. The molecule has 11 heteroatoms. The van der Waals surface area contributed by atoms with Crippen LogP contribution in [0.1, 0.15) is 44.4 Å². The van der Waals surface area contributed by atoms with Gasteiger partial charge in [0.15, 0.2) is 0 Å². The summed E-state index contributed by atoms with van der Waals surface area (Å²) in [5.74, 6) is -1.43. The van der Waals surface area contributed by atoms with Crippen molar-refractivity contribution in [1.82, 2.24) is 0 Å². The van der Waals surface area contributed by atoms with Gasteiger partial charge in [0.1, 0.15) is 0 Å². The van der Waals surface area contributed by atoms with Crippen molar-refractivity contribution in [1.29, 1.82) is 0 Å². The Morgan fingerprint density at radius 1 is 0.627 bits per heavy atom. The summed E-state index contributed by atoms with van der Waals surface area (Å²) >= 11 is -0.0665. The molecule has 51 heavy (non-hydrogen) atoms. The number of methoxy groups -OCH3 is 1. The molecule has 0 aliphatic carbocycles. The van der Waals surface area contributed by atoms with E-state index in [9.17, 15) is 0 Å². The molecule has 0 aromatic heterocycles. The van der Waals surface area contributed by atoms with Gasteiger partial charge in [-0.1, -0.05) is 0 Å². The van der Waals surface area contributed by atoms with E-state index in [0.717, 1.165) is 16.7 Å². The normalized spacial score (nSPS) is 34.1. The monoisotopic (exact) mass is 770 g/mol. The van der Waals surface area contributed by atoms with Gasteiger partial charge in [0.2, 0.25) is 0 Å². The summed E-state index contributed by atoms with van der Waals surface area (Å²) in [6.07, 6.45) is -3.81. The first-order chi connectivity index (χ1) is 24.7. The third-order valence-electron chi connectivity index (χ3n) is 9.56. The number of benzene rings is 3. The van der Waals surface area contributed by atoms with Crippen molar-refractivity contribution in [2.24, 2.45) is 0 Å². The topological polar surface area (TPSA) is 92.3 Å². The summed E-state index contributed by atoms with van der Waals surface area (Å²) in [6, 6.07) is 30.4. The van der Waals surface area contributed by atoms with E-state index in [0.29, 0.717) is 31.7 Å². The fourth-order valence-corrected chi connectivity index (χ4v) is 10.3. The molecule has 4 saturated heterocycles. The molecule has 10 nitrogen and oxygen atoms in total. The average molecular weight is 770 g/mol. The van der Waals surface area contributed by atoms with E-state index in [2.05, 4.69) is 24.3 Å². The van der Waals surface area contributed by atoms with E-state index in [4.69, 9.17) is 47.4 Å². The number of fused-ring (bicyclic) bond motifs is 1. The molecule has 276 valence electrons. The summed E-state index contributed by atoms with van der Waals surface area (Å²) in [5, 5.41) is 0.678. The predicted molar refractivity (Wildman–Crippen MR) is 189 cm³/mol. The quantitative estimate of drug-likeness (QED) is 0.181. The van der Waals surface area contributed by atoms with Gasteiger partial charge in [-0.25, -0.2) is 0 Å². The van der Waals surface area contributed by atoms with E-state index in [1.807, 2.05) is 94.4 Å². The molecule has 4 heterocycles. The van der Waals surface area contributed by atoms with Crippen LogP contribution in [-0.4, -0.2) is 95.6 Å². The molecule has 3 aromatic rings. The minimum absolute atomic E-state index is 0.0156. The van der Waals surface area contributed by atoms with Crippen LogP contribution >= 0.6 is 0 Å².